The van der Waals surface area contributed by atoms with Crippen molar-refractivity contribution in [1.82, 2.24) is 10.2 Å². The van der Waals surface area contributed by atoms with Gasteiger partial charge in [-0.2, -0.15) is 0 Å². The first-order valence-electron chi connectivity index (χ1n) is 7.25. The minimum absolute atomic E-state index is 0.182. The van der Waals surface area contributed by atoms with Gasteiger partial charge in [-0.3, -0.25) is 4.79 Å². The van der Waals surface area contributed by atoms with Crippen LogP contribution in [0.5, 0.6) is 5.75 Å². The smallest absolute Gasteiger partial charge is 0.227 e. The molecule has 1 unspecified atom stereocenters. The molecule has 0 aliphatic carbocycles. The van der Waals surface area contributed by atoms with E-state index in [1.807, 2.05) is 29.2 Å². The van der Waals surface area contributed by atoms with E-state index in [-0.39, 0.29) is 5.91 Å². The van der Waals surface area contributed by atoms with E-state index in [2.05, 4.69) is 19.2 Å². The molecule has 1 aromatic carbocycles. The van der Waals surface area contributed by atoms with Crippen LogP contribution < -0.4 is 10.1 Å². The van der Waals surface area contributed by atoms with E-state index in [4.69, 9.17) is 4.74 Å². The second kappa shape index (κ2) is 6.75. The molecule has 4 nitrogen and oxygen atoms in total. The lowest BCUT2D eigenvalue weighted by molar-refractivity contribution is -0.131. The summed E-state index contributed by atoms with van der Waals surface area (Å²) in [5, 5.41) is 3.47. The molecule has 1 aromatic rings. The Balaban J connectivity index is 2.01. The third kappa shape index (κ3) is 3.51. The topological polar surface area (TPSA) is 41.6 Å². The van der Waals surface area contributed by atoms with E-state index >= 15 is 0 Å². The number of ether oxygens (including phenoxy) is 1. The number of benzene rings is 1. The fraction of sp³-hybridized carbons (Fsp3) is 0.562. The summed E-state index contributed by atoms with van der Waals surface area (Å²) in [5.74, 6) is 1.51. The Morgan fingerprint density at radius 1 is 1.45 bits per heavy atom. The van der Waals surface area contributed by atoms with Crippen LogP contribution in [-0.2, 0) is 11.2 Å². The van der Waals surface area contributed by atoms with E-state index in [1.165, 1.54) is 0 Å². The van der Waals surface area contributed by atoms with Gasteiger partial charge in [0.1, 0.15) is 5.75 Å². The Morgan fingerprint density at radius 3 is 2.90 bits per heavy atom. The van der Waals surface area contributed by atoms with Crippen LogP contribution in [0.3, 0.4) is 0 Å². The number of nitrogens with one attached hydrogen (secondary N) is 1. The monoisotopic (exact) mass is 276 g/mol. The molecule has 1 saturated heterocycles. The van der Waals surface area contributed by atoms with Crippen LogP contribution in [-0.4, -0.2) is 43.6 Å². The van der Waals surface area contributed by atoms with E-state index in [1.54, 1.807) is 7.11 Å². The van der Waals surface area contributed by atoms with Crippen molar-refractivity contribution in [2.45, 2.75) is 26.3 Å². The molecular formula is C16H24N2O2. The summed E-state index contributed by atoms with van der Waals surface area (Å²) in [5.41, 5.74) is 0.958. The predicted octanol–water partition coefficient (Wildman–Crippen LogP) is 1.69. The summed E-state index contributed by atoms with van der Waals surface area (Å²) >= 11 is 0. The molecule has 1 atom stereocenters. The highest BCUT2D eigenvalue weighted by atomic mass is 16.5. The second-order valence-corrected chi connectivity index (χ2v) is 5.63. The molecule has 110 valence electrons. The molecule has 4 heteroatoms. The van der Waals surface area contributed by atoms with Crippen LogP contribution in [0.15, 0.2) is 24.3 Å². The summed E-state index contributed by atoms with van der Waals surface area (Å²) in [4.78, 5) is 14.4. The molecule has 2 rings (SSSR count). The summed E-state index contributed by atoms with van der Waals surface area (Å²) in [7, 11) is 1.64. The number of amides is 1. The molecule has 1 fully saturated rings. The van der Waals surface area contributed by atoms with Crippen molar-refractivity contribution in [3.8, 4) is 5.75 Å². The van der Waals surface area contributed by atoms with Crippen LogP contribution >= 0.6 is 0 Å². The number of carbonyl (C=O) groups is 1. The molecule has 1 heterocycles. The lowest BCUT2D eigenvalue weighted by Gasteiger charge is -2.36. The second-order valence-electron chi connectivity index (χ2n) is 5.63. The van der Waals surface area contributed by atoms with Crippen LogP contribution in [0, 0.1) is 5.92 Å². The van der Waals surface area contributed by atoms with Crippen LogP contribution in [0.1, 0.15) is 19.4 Å². The normalized spacial score (nSPS) is 19.2. The minimum atomic E-state index is 0.182. The summed E-state index contributed by atoms with van der Waals surface area (Å²) < 4.78 is 5.31. The molecule has 1 aliphatic heterocycles. The van der Waals surface area contributed by atoms with Crippen molar-refractivity contribution in [3.05, 3.63) is 29.8 Å². The SMILES string of the molecule is COc1ccccc1CC(=O)N1CCNC(C(C)C)C1. The third-order valence-corrected chi connectivity index (χ3v) is 3.90. The van der Waals surface area contributed by atoms with Crippen molar-refractivity contribution in [3.63, 3.8) is 0 Å². The molecular weight excluding hydrogens is 252 g/mol. The Kier molecular flexibility index (Phi) is 5.01. The van der Waals surface area contributed by atoms with Gasteiger partial charge < -0.3 is 15.0 Å². The number of rotatable bonds is 4. The van der Waals surface area contributed by atoms with Crippen molar-refractivity contribution >= 4 is 5.91 Å². The molecule has 0 bridgehead atoms. The molecule has 0 spiro atoms. The Bertz CT molecular complexity index is 460. The maximum absolute atomic E-state index is 12.4. The zero-order valence-corrected chi connectivity index (χ0v) is 12.6. The highest BCUT2D eigenvalue weighted by Gasteiger charge is 2.25. The standard InChI is InChI=1S/C16H24N2O2/c1-12(2)14-11-18(9-8-17-14)16(19)10-13-6-4-5-7-15(13)20-3/h4-7,12,14,17H,8-11H2,1-3H3. The van der Waals surface area contributed by atoms with Gasteiger partial charge in [-0.15, -0.1) is 0 Å². The molecule has 0 saturated carbocycles. The lowest BCUT2D eigenvalue weighted by atomic mass is 10.0. The quantitative estimate of drug-likeness (QED) is 0.910. The first-order valence-corrected chi connectivity index (χ1v) is 7.25. The third-order valence-electron chi connectivity index (χ3n) is 3.90. The van der Waals surface area contributed by atoms with Crippen LogP contribution in [0.4, 0.5) is 0 Å². The van der Waals surface area contributed by atoms with Gasteiger partial charge >= 0.3 is 0 Å². The van der Waals surface area contributed by atoms with Gasteiger partial charge in [0.05, 0.1) is 13.5 Å². The first-order chi connectivity index (χ1) is 9.61. The zero-order valence-electron chi connectivity index (χ0n) is 12.6. The van der Waals surface area contributed by atoms with Gasteiger partial charge in [-0.1, -0.05) is 32.0 Å². The van der Waals surface area contributed by atoms with E-state index in [0.717, 1.165) is 30.9 Å². The van der Waals surface area contributed by atoms with E-state index in [0.29, 0.717) is 18.4 Å². The predicted molar refractivity (Wildman–Crippen MR) is 79.9 cm³/mol. The molecule has 20 heavy (non-hydrogen) atoms. The van der Waals surface area contributed by atoms with E-state index < -0.39 is 0 Å². The number of nitrogens with zero attached hydrogens (tertiary/aromatic N) is 1. The van der Waals surface area contributed by atoms with Gasteiger partial charge in [0, 0.05) is 31.2 Å². The minimum Gasteiger partial charge on any atom is -0.496 e. The highest BCUT2D eigenvalue weighted by Crippen LogP contribution is 2.19. The molecule has 1 N–H and O–H groups in total. The Morgan fingerprint density at radius 2 is 2.20 bits per heavy atom. The van der Waals surface area contributed by atoms with Gasteiger partial charge in [0.15, 0.2) is 0 Å². The first kappa shape index (κ1) is 14.9. The molecule has 0 aromatic heterocycles. The van der Waals surface area contributed by atoms with Gasteiger partial charge in [-0.25, -0.2) is 0 Å². The van der Waals surface area contributed by atoms with Gasteiger partial charge in [-0.05, 0) is 12.0 Å². The maximum atomic E-state index is 12.4. The summed E-state index contributed by atoms with van der Waals surface area (Å²) in [6.45, 7) is 6.83. The number of hydrogen-bond acceptors (Lipinski definition) is 3. The number of piperazine rings is 1. The highest BCUT2D eigenvalue weighted by molar-refractivity contribution is 5.79. The summed E-state index contributed by atoms with van der Waals surface area (Å²) in [6.07, 6.45) is 0.412. The maximum Gasteiger partial charge on any atom is 0.227 e. The molecule has 0 radical (unpaired) electrons. The van der Waals surface area contributed by atoms with Crippen LogP contribution in [0.2, 0.25) is 0 Å². The number of hydrogen-bond donors (Lipinski definition) is 1. The van der Waals surface area contributed by atoms with Crippen molar-refractivity contribution in [2.75, 3.05) is 26.7 Å². The zero-order chi connectivity index (χ0) is 14.5. The number of methoxy groups -OCH3 is 1. The molecule has 1 amide bonds. The van der Waals surface area contributed by atoms with Gasteiger partial charge in [0.25, 0.3) is 0 Å². The average molecular weight is 276 g/mol. The number of carbonyl (C=O) groups excluding carboxylic acids is 1. The lowest BCUT2D eigenvalue weighted by Crippen LogP contribution is -2.54. The fourth-order valence-corrected chi connectivity index (χ4v) is 2.57. The van der Waals surface area contributed by atoms with E-state index in [9.17, 15) is 4.79 Å². The largest absolute Gasteiger partial charge is 0.496 e. The van der Waals surface area contributed by atoms with Crippen molar-refractivity contribution in [2.24, 2.45) is 5.92 Å². The van der Waals surface area contributed by atoms with Crippen LogP contribution in [0.25, 0.3) is 0 Å². The number of para-hydroxylation sites is 1. The Labute approximate surface area is 121 Å². The summed E-state index contributed by atoms with van der Waals surface area (Å²) in [6, 6.07) is 8.12. The van der Waals surface area contributed by atoms with Crippen molar-refractivity contribution in [1.29, 1.82) is 0 Å². The van der Waals surface area contributed by atoms with Gasteiger partial charge in [0.2, 0.25) is 5.91 Å². The molecule has 1 aliphatic rings. The van der Waals surface area contributed by atoms with Crippen molar-refractivity contribution < 1.29 is 9.53 Å². The average Bonchev–Trinajstić information content (AvgIpc) is 2.48. The Hall–Kier alpha value is -1.55. The fourth-order valence-electron chi connectivity index (χ4n) is 2.57.